The zero-order chi connectivity index (χ0) is 30.3. The molecule has 0 aliphatic carbocycles. The van der Waals surface area contributed by atoms with Gasteiger partial charge in [0.15, 0.2) is 0 Å². The lowest BCUT2D eigenvalue weighted by Crippen LogP contribution is -2.48. The van der Waals surface area contributed by atoms with Crippen molar-refractivity contribution < 1.29 is 23.2 Å². The highest BCUT2D eigenvalue weighted by Crippen LogP contribution is 2.21. The highest BCUT2D eigenvalue weighted by molar-refractivity contribution is 5.99. The Balaban J connectivity index is 1.18. The molecule has 0 unspecified atom stereocenters. The first-order valence-electron chi connectivity index (χ1n) is 14.1. The fraction of sp³-hybridized carbons (Fsp3) is 0.206. The summed E-state index contributed by atoms with van der Waals surface area (Å²) >= 11 is 0. The number of anilines is 2. The quantitative estimate of drug-likeness (QED) is 0.297. The van der Waals surface area contributed by atoms with Crippen LogP contribution in [-0.2, 0) is 11.3 Å². The smallest absolute Gasteiger partial charge is 0.254 e. The Morgan fingerprint density at radius 1 is 0.721 bits per heavy atom. The van der Waals surface area contributed by atoms with Gasteiger partial charge in [-0.05, 0) is 85.3 Å². The second kappa shape index (κ2) is 13.3. The Hall–Kier alpha value is -5.05. The van der Waals surface area contributed by atoms with Gasteiger partial charge in [-0.25, -0.2) is 8.78 Å². The van der Waals surface area contributed by atoms with Gasteiger partial charge in [-0.3, -0.25) is 14.4 Å². The van der Waals surface area contributed by atoms with Crippen LogP contribution in [-0.4, -0.2) is 60.2 Å². The van der Waals surface area contributed by atoms with E-state index in [1.165, 1.54) is 41.3 Å². The van der Waals surface area contributed by atoms with E-state index >= 15 is 0 Å². The zero-order valence-electron chi connectivity index (χ0n) is 23.8. The Bertz CT molecular complexity index is 1570. The van der Waals surface area contributed by atoms with E-state index in [4.69, 9.17) is 0 Å². The van der Waals surface area contributed by atoms with Crippen LogP contribution in [0.15, 0.2) is 97.1 Å². The number of hydrogen-bond donors (Lipinski definition) is 1. The SMILES string of the molecule is Cc1ccc(C(=O)N2CCN(c3ccc(NC(=O)CN(Cc4ccc(F)cc4)C(=O)c4ccc(F)cc4)cc3)CC2)cc1. The highest BCUT2D eigenvalue weighted by atomic mass is 19.1. The molecular weight excluding hydrogens is 550 g/mol. The molecule has 4 aromatic carbocycles. The molecule has 1 aliphatic rings. The highest BCUT2D eigenvalue weighted by Gasteiger charge is 2.23. The zero-order valence-corrected chi connectivity index (χ0v) is 23.8. The maximum Gasteiger partial charge on any atom is 0.254 e. The molecule has 1 saturated heterocycles. The van der Waals surface area contributed by atoms with Crippen LogP contribution in [0.1, 0.15) is 31.8 Å². The minimum atomic E-state index is -0.472. The van der Waals surface area contributed by atoms with E-state index in [0.29, 0.717) is 43.0 Å². The molecule has 0 bridgehead atoms. The number of hydrogen-bond acceptors (Lipinski definition) is 4. The van der Waals surface area contributed by atoms with E-state index in [1.807, 2.05) is 48.2 Å². The second-order valence-corrected chi connectivity index (χ2v) is 10.5. The van der Waals surface area contributed by atoms with Crippen LogP contribution in [0.25, 0.3) is 0 Å². The fourth-order valence-corrected chi connectivity index (χ4v) is 4.96. The second-order valence-electron chi connectivity index (χ2n) is 10.5. The Morgan fingerprint density at radius 2 is 1.28 bits per heavy atom. The predicted molar refractivity (Wildman–Crippen MR) is 162 cm³/mol. The number of nitrogens with zero attached hydrogens (tertiary/aromatic N) is 3. The van der Waals surface area contributed by atoms with Crippen molar-refractivity contribution in [1.29, 1.82) is 0 Å². The monoisotopic (exact) mass is 582 g/mol. The summed E-state index contributed by atoms with van der Waals surface area (Å²) in [6.07, 6.45) is 0. The average molecular weight is 583 g/mol. The van der Waals surface area contributed by atoms with Gasteiger partial charge in [-0.2, -0.15) is 0 Å². The van der Waals surface area contributed by atoms with E-state index in [0.717, 1.165) is 11.3 Å². The van der Waals surface area contributed by atoms with Crippen molar-refractivity contribution in [3.63, 3.8) is 0 Å². The van der Waals surface area contributed by atoms with Gasteiger partial charge in [0.05, 0.1) is 0 Å². The van der Waals surface area contributed by atoms with Crippen LogP contribution in [0, 0.1) is 18.6 Å². The topological polar surface area (TPSA) is 73.0 Å². The Labute approximate surface area is 249 Å². The number of carbonyl (C=O) groups is 3. The van der Waals surface area contributed by atoms with Gasteiger partial charge in [0, 0.05) is 55.2 Å². The number of carbonyl (C=O) groups excluding carboxylic acids is 3. The summed E-state index contributed by atoms with van der Waals surface area (Å²) in [6.45, 7) is 4.40. The third-order valence-electron chi connectivity index (χ3n) is 7.38. The molecule has 0 saturated carbocycles. The summed E-state index contributed by atoms with van der Waals surface area (Å²) in [6, 6.07) is 25.8. The third-order valence-corrected chi connectivity index (χ3v) is 7.38. The number of halogens is 2. The van der Waals surface area contributed by atoms with Crippen molar-refractivity contribution in [3.8, 4) is 0 Å². The molecule has 0 spiro atoms. The molecule has 9 heteroatoms. The maximum atomic E-state index is 13.4. The molecule has 0 radical (unpaired) electrons. The van der Waals surface area contributed by atoms with Gasteiger partial charge in [0.1, 0.15) is 18.2 Å². The Kier molecular flexibility index (Phi) is 9.10. The molecule has 7 nitrogen and oxygen atoms in total. The molecule has 0 aromatic heterocycles. The number of benzene rings is 4. The predicted octanol–water partition coefficient (Wildman–Crippen LogP) is 5.52. The van der Waals surface area contributed by atoms with Crippen molar-refractivity contribution in [2.24, 2.45) is 0 Å². The number of rotatable bonds is 8. The van der Waals surface area contributed by atoms with Gasteiger partial charge in [0.25, 0.3) is 11.8 Å². The fourth-order valence-electron chi connectivity index (χ4n) is 4.96. The molecule has 4 aromatic rings. The minimum absolute atomic E-state index is 0.0316. The van der Waals surface area contributed by atoms with E-state index < -0.39 is 23.4 Å². The van der Waals surface area contributed by atoms with E-state index in [-0.39, 0.29) is 24.6 Å². The summed E-state index contributed by atoms with van der Waals surface area (Å²) in [4.78, 5) is 44.5. The number of aryl methyl sites for hydroxylation is 1. The minimum Gasteiger partial charge on any atom is -0.368 e. The van der Waals surface area contributed by atoms with Crippen LogP contribution in [0.3, 0.4) is 0 Å². The lowest BCUT2D eigenvalue weighted by atomic mass is 10.1. The van der Waals surface area contributed by atoms with Crippen molar-refractivity contribution in [1.82, 2.24) is 9.80 Å². The lowest BCUT2D eigenvalue weighted by Gasteiger charge is -2.36. The molecule has 43 heavy (non-hydrogen) atoms. The summed E-state index contributed by atoms with van der Waals surface area (Å²) in [5.41, 5.74) is 4.23. The van der Waals surface area contributed by atoms with Gasteiger partial charge in [0.2, 0.25) is 5.91 Å². The summed E-state index contributed by atoms with van der Waals surface area (Å²) in [7, 11) is 0. The maximum absolute atomic E-state index is 13.4. The summed E-state index contributed by atoms with van der Waals surface area (Å²) in [5.74, 6) is -1.70. The van der Waals surface area contributed by atoms with Crippen LogP contribution >= 0.6 is 0 Å². The van der Waals surface area contributed by atoms with Gasteiger partial charge < -0.3 is 20.0 Å². The number of nitrogens with one attached hydrogen (secondary N) is 1. The van der Waals surface area contributed by atoms with Crippen LogP contribution in [0.2, 0.25) is 0 Å². The first kappa shape index (κ1) is 29.4. The van der Waals surface area contributed by atoms with Crippen LogP contribution in [0.5, 0.6) is 0 Å². The van der Waals surface area contributed by atoms with Gasteiger partial charge in [-0.1, -0.05) is 29.8 Å². The summed E-state index contributed by atoms with van der Waals surface area (Å²) < 4.78 is 26.8. The molecule has 1 heterocycles. The van der Waals surface area contributed by atoms with E-state index in [9.17, 15) is 23.2 Å². The first-order chi connectivity index (χ1) is 20.7. The molecule has 5 rings (SSSR count). The average Bonchev–Trinajstić information content (AvgIpc) is 3.02. The standard InChI is InChI=1S/C34H32F2N4O3/c1-24-2-6-26(7-3-24)33(42)39-20-18-38(19-21-39)31-16-14-30(15-17-31)37-32(41)23-40(22-25-4-10-28(35)11-5-25)34(43)27-8-12-29(36)13-9-27/h2-17H,18-23H2,1H3,(H,37,41). The molecule has 1 aliphatic heterocycles. The molecular formula is C34H32F2N4O3. The van der Waals surface area contributed by atoms with Crippen molar-refractivity contribution >= 4 is 29.1 Å². The van der Waals surface area contributed by atoms with Crippen LogP contribution < -0.4 is 10.2 Å². The molecule has 220 valence electrons. The van der Waals surface area contributed by atoms with Crippen molar-refractivity contribution in [2.45, 2.75) is 13.5 Å². The van der Waals surface area contributed by atoms with Gasteiger partial charge in [-0.15, -0.1) is 0 Å². The van der Waals surface area contributed by atoms with E-state index in [2.05, 4.69) is 10.2 Å². The molecule has 1 fully saturated rings. The number of piperazine rings is 1. The van der Waals surface area contributed by atoms with Crippen molar-refractivity contribution in [3.05, 3.63) is 131 Å². The Morgan fingerprint density at radius 3 is 1.88 bits per heavy atom. The molecule has 3 amide bonds. The normalized spacial score (nSPS) is 13.0. The largest absolute Gasteiger partial charge is 0.368 e. The van der Waals surface area contributed by atoms with E-state index in [1.54, 1.807) is 24.3 Å². The lowest BCUT2D eigenvalue weighted by molar-refractivity contribution is -0.117. The first-order valence-corrected chi connectivity index (χ1v) is 14.1. The van der Waals surface area contributed by atoms with Crippen molar-refractivity contribution in [2.75, 3.05) is 42.9 Å². The number of amides is 3. The molecule has 1 N–H and O–H groups in total. The molecule has 0 atom stereocenters. The third kappa shape index (κ3) is 7.62. The van der Waals surface area contributed by atoms with Crippen LogP contribution in [0.4, 0.5) is 20.2 Å². The van der Waals surface area contributed by atoms with Gasteiger partial charge >= 0.3 is 0 Å². The summed E-state index contributed by atoms with van der Waals surface area (Å²) in [5, 5.41) is 2.83.